The number of fused-ring (bicyclic) bond motifs is 1. The SMILES string of the molecule is CCOC(=O)c1c(SC)cc2c(C(N)=O)cccn12. The fourth-order valence-corrected chi connectivity index (χ4v) is 2.54. The van der Waals surface area contributed by atoms with Crippen LogP contribution in [0.25, 0.3) is 5.52 Å². The van der Waals surface area contributed by atoms with Crippen LogP contribution in [0, 0.1) is 0 Å². The van der Waals surface area contributed by atoms with Crippen LogP contribution in [0.4, 0.5) is 0 Å². The Morgan fingerprint density at radius 1 is 1.47 bits per heavy atom. The van der Waals surface area contributed by atoms with Crippen LogP contribution in [0.2, 0.25) is 0 Å². The molecule has 2 aromatic heterocycles. The summed E-state index contributed by atoms with van der Waals surface area (Å²) >= 11 is 1.42. The summed E-state index contributed by atoms with van der Waals surface area (Å²) in [7, 11) is 0. The lowest BCUT2D eigenvalue weighted by atomic mass is 10.2. The first-order valence-corrected chi connectivity index (χ1v) is 6.97. The second kappa shape index (κ2) is 5.36. The number of nitrogens with zero attached hydrogens (tertiary/aromatic N) is 1. The molecule has 0 aliphatic rings. The van der Waals surface area contributed by atoms with E-state index >= 15 is 0 Å². The number of hydrogen-bond acceptors (Lipinski definition) is 4. The minimum absolute atomic E-state index is 0.301. The third-order valence-corrected chi connectivity index (χ3v) is 3.48. The molecule has 0 saturated heterocycles. The van der Waals surface area contributed by atoms with Gasteiger partial charge in [0.15, 0.2) is 0 Å². The van der Waals surface area contributed by atoms with Gasteiger partial charge in [-0.2, -0.15) is 0 Å². The van der Waals surface area contributed by atoms with Gasteiger partial charge in [0.25, 0.3) is 5.91 Å². The van der Waals surface area contributed by atoms with E-state index in [9.17, 15) is 9.59 Å². The smallest absolute Gasteiger partial charge is 0.356 e. The summed E-state index contributed by atoms with van der Waals surface area (Å²) in [6.45, 7) is 2.05. The van der Waals surface area contributed by atoms with Gasteiger partial charge in [0, 0.05) is 11.1 Å². The van der Waals surface area contributed by atoms with Crippen molar-refractivity contribution in [3.05, 3.63) is 35.7 Å². The highest BCUT2D eigenvalue weighted by Crippen LogP contribution is 2.27. The molecule has 2 aromatic rings. The molecule has 1 amide bonds. The standard InChI is InChI=1S/C13H14N2O3S/c1-3-18-13(17)11-10(19-2)7-9-8(12(14)16)5-4-6-15(9)11/h4-7H,3H2,1-2H3,(H2,14,16). The summed E-state index contributed by atoms with van der Waals surface area (Å²) in [4.78, 5) is 24.2. The molecule has 0 aliphatic heterocycles. The topological polar surface area (TPSA) is 73.8 Å². The van der Waals surface area contributed by atoms with Crippen LogP contribution >= 0.6 is 11.8 Å². The number of aromatic nitrogens is 1. The Hall–Kier alpha value is -1.95. The number of primary amides is 1. The van der Waals surface area contributed by atoms with Crippen molar-refractivity contribution < 1.29 is 14.3 Å². The Kier molecular flexibility index (Phi) is 3.80. The van der Waals surface area contributed by atoms with Gasteiger partial charge in [-0.1, -0.05) is 0 Å². The number of hydrogen-bond donors (Lipinski definition) is 1. The van der Waals surface area contributed by atoms with E-state index in [2.05, 4.69) is 0 Å². The lowest BCUT2D eigenvalue weighted by molar-refractivity contribution is 0.0514. The molecule has 0 aromatic carbocycles. The van der Waals surface area contributed by atoms with E-state index in [4.69, 9.17) is 10.5 Å². The van der Waals surface area contributed by atoms with Gasteiger partial charge in [0.1, 0.15) is 5.69 Å². The highest BCUT2D eigenvalue weighted by molar-refractivity contribution is 7.98. The van der Waals surface area contributed by atoms with E-state index in [0.717, 1.165) is 4.90 Å². The van der Waals surface area contributed by atoms with Gasteiger partial charge in [0.05, 0.1) is 17.7 Å². The average Bonchev–Trinajstić information content (AvgIpc) is 2.76. The molecule has 2 rings (SSSR count). The number of thioether (sulfide) groups is 1. The molecule has 2 N–H and O–H groups in total. The highest BCUT2D eigenvalue weighted by atomic mass is 32.2. The summed E-state index contributed by atoms with van der Waals surface area (Å²) in [5, 5.41) is 0. The number of ether oxygens (including phenoxy) is 1. The van der Waals surface area contributed by atoms with E-state index in [0.29, 0.717) is 23.4 Å². The van der Waals surface area contributed by atoms with E-state index in [1.165, 1.54) is 11.8 Å². The van der Waals surface area contributed by atoms with Crippen molar-refractivity contribution in [2.45, 2.75) is 11.8 Å². The Morgan fingerprint density at radius 2 is 2.21 bits per heavy atom. The quantitative estimate of drug-likeness (QED) is 0.685. The Bertz CT molecular complexity index is 649. The first kappa shape index (κ1) is 13.5. The number of amides is 1. The van der Waals surface area contributed by atoms with Gasteiger partial charge in [-0.25, -0.2) is 4.79 Å². The molecule has 0 atom stereocenters. The van der Waals surface area contributed by atoms with Crippen LogP contribution in [0.3, 0.4) is 0 Å². The molecule has 0 saturated carbocycles. The van der Waals surface area contributed by atoms with Gasteiger partial charge in [-0.05, 0) is 31.4 Å². The summed E-state index contributed by atoms with van der Waals surface area (Å²) in [5.74, 6) is -0.931. The van der Waals surface area contributed by atoms with Gasteiger partial charge in [-0.15, -0.1) is 11.8 Å². The summed E-state index contributed by atoms with van der Waals surface area (Å²) in [6, 6.07) is 5.09. The third-order valence-electron chi connectivity index (χ3n) is 2.73. The summed E-state index contributed by atoms with van der Waals surface area (Å²) < 4.78 is 6.69. The maximum absolute atomic E-state index is 12.0. The molecule has 6 heteroatoms. The Balaban J connectivity index is 2.72. The molecule has 0 unspecified atom stereocenters. The molecule has 19 heavy (non-hydrogen) atoms. The van der Waals surface area contributed by atoms with Gasteiger partial charge in [0.2, 0.25) is 0 Å². The Labute approximate surface area is 114 Å². The molecule has 0 radical (unpaired) electrons. The number of esters is 1. The number of rotatable bonds is 4. The van der Waals surface area contributed by atoms with Crippen LogP contribution in [0.5, 0.6) is 0 Å². The zero-order chi connectivity index (χ0) is 14.0. The summed E-state index contributed by atoms with van der Waals surface area (Å²) in [5.41, 5.74) is 6.76. The summed E-state index contributed by atoms with van der Waals surface area (Å²) in [6.07, 6.45) is 3.58. The second-order valence-electron chi connectivity index (χ2n) is 3.82. The van der Waals surface area contributed by atoms with Crippen molar-refractivity contribution in [2.24, 2.45) is 5.73 Å². The molecule has 100 valence electrons. The molecular weight excluding hydrogens is 264 g/mol. The first-order chi connectivity index (χ1) is 9.10. The largest absolute Gasteiger partial charge is 0.461 e. The zero-order valence-electron chi connectivity index (χ0n) is 10.7. The Morgan fingerprint density at radius 3 is 2.79 bits per heavy atom. The molecule has 5 nitrogen and oxygen atoms in total. The number of nitrogens with two attached hydrogens (primary N) is 1. The molecular formula is C13H14N2O3S. The highest BCUT2D eigenvalue weighted by Gasteiger charge is 2.20. The fraction of sp³-hybridized carbons (Fsp3) is 0.231. The predicted molar refractivity (Wildman–Crippen MR) is 73.7 cm³/mol. The average molecular weight is 278 g/mol. The number of carbonyl (C=O) groups is 2. The van der Waals surface area contributed by atoms with Crippen molar-refractivity contribution in [3.63, 3.8) is 0 Å². The van der Waals surface area contributed by atoms with Gasteiger partial charge >= 0.3 is 5.97 Å². The second-order valence-corrected chi connectivity index (χ2v) is 4.67. The van der Waals surface area contributed by atoms with Crippen LogP contribution in [0.1, 0.15) is 27.8 Å². The van der Waals surface area contributed by atoms with E-state index < -0.39 is 11.9 Å². The molecule has 0 bridgehead atoms. The van der Waals surface area contributed by atoms with Gasteiger partial charge < -0.3 is 14.9 Å². The molecule has 0 aliphatic carbocycles. The maximum Gasteiger partial charge on any atom is 0.356 e. The monoisotopic (exact) mass is 278 g/mol. The first-order valence-electron chi connectivity index (χ1n) is 5.75. The zero-order valence-corrected chi connectivity index (χ0v) is 11.5. The minimum Gasteiger partial charge on any atom is -0.461 e. The van der Waals surface area contributed by atoms with Crippen molar-refractivity contribution in [2.75, 3.05) is 12.9 Å². The van der Waals surface area contributed by atoms with E-state index in [1.807, 2.05) is 6.26 Å². The fourth-order valence-electron chi connectivity index (χ4n) is 1.94. The normalized spacial score (nSPS) is 10.6. The van der Waals surface area contributed by atoms with Crippen LogP contribution in [-0.4, -0.2) is 29.1 Å². The number of pyridine rings is 1. The van der Waals surface area contributed by atoms with E-state index in [-0.39, 0.29) is 0 Å². The number of carbonyl (C=O) groups excluding carboxylic acids is 2. The molecule has 2 heterocycles. The van der Waals surface area contributed by atoms with E-state index in [1.54, 1.807) is 35.7 Å². The van der Waals surface area contributed by atoms with Gasteiger partial charge in [-0.3, -0.25) is 4.79 Å². The van der Waals surface area contributed by atoms with Crippen molar-refractivity contribution >= 4 is 29.2 Å². The maximum atomic E-state index is 12.0. The van der Waals surface area contributed by atoms with Crippen LogP contribution in [-0.2, 0) is 4.74 Å². The molecule has 0 spiro atoms. The third kappa shape index (κ3) is 2.31. The van der Waals surface area contributed by atoms with Crippen molar-refractivity contribution in [1.82, 2.24) is 4.40 Å². The predicted octanol–water partition coefficient (Wildman–Crippen LogP) is 1.94. The molecule has 0 fully saturated rings. The van der Waals surface area contributed by atoms with Crippen molar-refractivity contribution in [3.8, 4) is 0 Å². The van der Waals surface area contributed by atoms with Crippen LogP contribution in [0.15, 0.2) is 29.3 Å². The lowest BCUT2D eigenvalue weighted by Crippen LogP contribution is -2.13. The van der Waals surface area contributed by atoms with Crippen molar-refractivity contribution in [1.29, 1.82) is 0 Å². The van der Waals surface area contributed by atoms with Crippen LogP contribution < -0.4 is 5.73 Å². The minimum atomic E-state index is -0.522. The lowest BCUT2D eigenvalue weighted by Gasteiger charge is -2.05.